The number of ether oxygens (including phenoxy) is 2. The molecule has 0 heterocycles. The van der Waals surface area contributed by atoms with Gasteiger partial charge in [-0.15, -0.1) is 6.58 Å². The molecule has 0 saturated heterocycles. The number of para-hydroxylation sites is 1. The van der Waals surface area contributed by atoms with Crippen LogP contribution in [0.1, 0.15) is 18.4 Å². The minimum absolute atomic E-state index is 0.578. The van der Waals surface area contributed by atoms with E-state index >= 15 is 0 Å². The summed E-state index contributed by atoms with van der Waals surface area (Å²) in [6.07, 6.45) is 4.35. The van der Waals surface area contributed by atoms with Crippen LogP contribution in [0.2, 0.25) is 0 Å². The SMILES string of the molecule is C=CCOCCOc1ccccc1CNC1CC1. The van der Waals surface area contributed by atoms with Crippen molar-refractivity contribution in [3.63, 3.8) is 0 Å². The topological polar surface area (TPSA) is 30.5 Å². The van der Waals surface area contributed by atoms with E-state index in [-0.39, 0.29) is 0 Å². The molecule has 2 rings (SSSR count). The van der Waals surface area contributed by atoms with Gasteiger partial charge in [0.1, 0.15) is 12.4 Å². The van der Waals surface area contributed by atoms with Crippen molar-refractivity contribution in [2.45, 2.75) is 25.4 Å². The fraction of sp³-hybridized carbons (Fsp3) is 0.467. The maximum absolute atomic E-state index is 5.74. The van der Waals surface area contributed by atoms with Gasteiger partial charge in [0.15, 0.2) is 0 Å². The van der Waals surface area contributed by atoms with Gasteiger partial charge in [-0.1, -0.05) is 24.3 Å². The first-order valence-electron chi connectivity index (χ1n) is 6.53. The van der Waals surface area contributed by atoms with Crippen LogP contribution in [0, 0.1) is 0 Å². The second-order valence-corrected chi connectivity index (χ2v) is 4.47. The number of hydrogen-bond acceptors (Lipinski definition) is 3. The van der Waals surface area contributed by atoms with Crippen molar-refractivity contribution in [2.75, 3.05) is 19.8 Å². The third-order valence-electron chi connectivity index (χ3n) is 2.85. The summed E-state index contributed by atoms with van der Waals surface area (Å²) >= 11 is 0. The van der Waals surface area contributed by atoms with Gasteiger partial charge in [0.2, 0.25) is 0 Å². The number of nitrogens with one attached hydrogen (secondary N) is 1. The van der Waals surface area contributed by atoms with Crippen molar-refractivity contribution in [1.82, 2.24) is 5.32 Å². The van der Waals surface area contributed by atoms with Crippen molar-refractivity contribution in [3.05, 3.63) is 42.5 Å². The quantitative estimate of drug-likeness (QED) is 0.537. The minimum Gasteiger partial charge on any atom is -0.491 e. The minimum atomic E-state index is 0.578. The summed E-state index contributed by atoms with van der Waals surface area (Å²) in [5.74, 6) is 0.952. The van der Waals surface area contributed by atoms with E-state index in [9.17, 15) is 0 Å². The van der Waals surface area contributed by atoms with Crippen LogP contribution in [0.3, 0.4) is 0 Å². The predicted molar refractivity (Wildman–Crippen MR) is 72.8 cm³/mol. The van der Waals surface area contributed by atoms with Crippen molar-refractivity contribution >= 4 is 0 Å². The Balaban J connectivity index is 1.76. The molecule has 0 atom stereocenters. The molecule has 18 heavy (non-hydrogen) atoms. The van der Waals surface area contributed by atoms with Gasteiger partial charge in [0.05, 0.1) is 13.2 Å². The van der Waals surface area contributed by atoms with Gasteiger partial charge >= 0.3 is 0 Å². The molecule has 0 amide bonds. The van der Waals surface area contributed by atoms with Crippen LogP contribution in [0.5, 0.6) is 5.75 Å². The zero-order valence-corrected chi connectivity index (χ0v) is 10.7. The average molecular weight is 247 g/mol. The van der Waals surface area contributed by atoms with E-state index in [4.69, 9.17) is 9.47 Å². The number of rotatable bonds is 9. The third-order valence-corrected chi connectivity index (χ3v) is 2.85. The Bertz CT molecular complexity index is 375. The molecule has 1 saturated carbocycles. The second-order valence-electron chi connectivity index (χ2n) is 4.47. The van der Waals surface area contributed by atoms with Gasteiger partial charge < -0.3 is 14.8 Å². The molecule has 98 valence electrons. The van der Waals surface area contributed by atoms with Crippen molar-refractivity contribution < 1.29 is 9.47 Å². The Labute approximate surface area is 109 Å². The van der Waals surface area contributed by atoms with E-state index in [1.807, 2.05) is 18.2 Å². The molecule has 0 aromatic heterocycles. The summed E-state index contributed by atoms with van der Waals surface area (Å²) in [6.45, 7) is 6.24. The summed E-state index contributed by atoms with van der Waals surface area (Å²) in [4.78, 5) is 0. The van der Waals surface area contributed by atoms with Crippen LogP contribution < -0.4 is 10.1 Å². The normalized spacial score (nSPS) is 14.4. The van der Waals surface area contributed by atoms with Crippen LogP contribution in [-0.2, 0) is 11.3 Å². The van der Waals surface area contributed by atoms with Crippen molar-refractivity contribution in [1.29, 1.82) is 0 Å². The number of benzene rings is 1. The van der Waals surface area contributed by atoms with E-state index in [1.165, 1.54) is 18.4 Å². The van der Waals surface area contributed by atoms with Crippen LogP contribution in [0.15, 0.2) is 36.9 Å². The molecule has 1 aliphatic carbocycles. The molecule has 3 nitrogen and oxygen atoms in total. The highest BCUT2D eigenvalue weighted by atomic mass is 16.5. The van der Waals surface area contributed by atoms with Crippen LogP contribution in [0.4, 0.5) is 0 Å². The third kappa shape index (κ3) is 4.51. The standard InChI is InChI=1S/C15H21NO2/c1-2-9-17-10-11-18-15-6-4-3-5-13(15)12-16-14-7-8-14/h2-6,14,16H,1,7-12H2. The maximum atomic E-state index is 5.74. The predicted octanol–water partition coefficient (Wildman–Crippen LogP) is 2.52. The molecule has 0 aliphatic heterocycles. The van der Waals surface area contributed by atoms with E-state index in [0.29, 0.717) is 25.9 Å². The highest BCUT2D eigenvalue weighted by molar-refractivity contribution is 5.33. The highest BCUT2D eigenvalue weighted by Gasteiger charge is 2.20. The lowest BCUT2D eigenvalue weighted by Gasteiger charge is -2.11. The molecule has 0 unspecified atom stereocenters. The Morgan fingerprint density at radius 3 is 2.89 bits per heavy atom. The van der Waals surface area contributed by atoms with Gasteiger partial charge in [0.25, 0.3) is 0 Å². The lowest BCUT2D eigenvalue weighted by Crippen LogP contribution is -2.16. The fourth-order valence-corrected chi connectivity index (χ4v) is 1.71. The van der Waals surface area contributed by atoms with E-state index in [2.05, 4.69) is 18.0 Å². The average Bonchev–Trinajstić information content (AvgIpc) is 3.21. The Morgan fingerprint density at radius 2 is 2.11 bits per heavy atom. The Morgan fingerprint density at radius 1 is 1.28 bits per heavy atom. The molecule has 1 fully saturated rings. The molecule has 1 aliphatic rings. The zero-order valence-electron chi connectivity index (χ0n) is 10.7. The van der Waals surface area contributed by atoms with Crippen LogP contribution in [-0.4, -0.2) is 25.9 Å². The second kappa shape index (κ2) is 7.19. The molecule has 1 aromatic carbocycles. The van der Waals surface area contributed by atoms with E-state index in [0.717, 1.165) is 12.3 Å². The molecule has 1 aromatic rings. The lowest BCUT2D eigenvalue weighted by molar-refractivity contribution is 0.120. The summed E-state index contributed by atoms with van der Waals surface area (Å²) in [5, 5.41) is 3.50. The number of hydrogen-bond donors (Lipinski definition) is 1. The summed E-state index contributed by atoms with van der Waals surface area (Å²) in [7, 11) is 0. The van der Waals surface area contributed by atoms with Gasteiger partial charge in [-0.3, -0.25) is 0 Å². The van der Waals surface area contributed by atoms with Gasteiger partial charge in [0, 0.05) is 18.2 Å². The lowest BCUT2D eigenvalue weighted by atomic mass is 10.2. The monoisotopic (exact) mass is 247 g/mol. The molecular formula is C15H21NO2. The summed E-state index contributed by atoms with van der Waals surface area (Å²) in [6, 6.07) is 8.88. The van der Waals surface area contributed by atoms with Crippen LogP contribution in [0.25, 0.3) is 0 Å². The van der Waals surface area contributed by atoms with Gasteiger partial charge in [-0.25, -0.2) is 0 Å². The van der Waals surface area contributed by atoms with Crippen molar-refractivity contribution in [2.24, 2.45) is 0 Å². The Hall–Kier alpha value is -1.32. The molecule has 1 N–H and O–H groups in total. The van der Waals surface area contributed by atoms with Gasteiger partial charge in [-0.2, -0.15) is 0 Å². The molecule has 0 spiro atoms. The Kier molecular flexibility index (Phi) is 5.24. The maximum Gasteiger partial charge on any atom is 0.123 e. The first kappa shape index (κ1) is 13.1. The van der Waals surface area contributed by atoms with E-state index in [1.54, 1.807) is 6.08 Å². The molecular weight excluding hydrogens is 226 g/mol. The van der Waals surface area contributed by atoms with Crippen LogP contribution >= 0.6 is 0 Å². The summed E-state index contributed by atoms with van der Waals surface area (Å²) in [5.41, 5.74) is 1.22. The first-order valence-corrected chi connectivity index (χ1v) is 6.53. The highest BCUT2D eigenvalue weighted by Crippen LogP contribution is 2.22. The fourth-order valence-electron chi connectivity index (χ4n) is 1.71. The molecule has 0 radical (unpaired) electrons. The van der Waals surface area contributed by atoms with E-state index < -0.39 is 0 Å². The van der Waals surface area contributed by atoms with Gasteiger partial charge in [-0.05, 0) is 18.9 Å². The van der Waals surface area contributed by atoms with Crippen molar-refractivity contribution in [3.8, 4) is 5.75 Å². The molecule has 0 bridgehead atoms. The largest absolute Gasteiger partial charge is 0.491 e. The smallest absolute Gasteiger partial charge is 0.123 e. The molecule has 3 heteroatoms. The zero-order chi connectivity index (χ0) is 12.6. The first-order chi connectivity index (χ1) is 8.90. The summed E-state index contributed by atoms with van der Waals surface area (Å²) < 4.78 is 11.0.